The van der Waals surface area contributed by atoms with Crippen LogP contribution >= 0.6 is 31.9 Å². The fourth-order valence-electron chi connectivity index (χ4n) is 1.86. The molecule has 0 unspecified atom stereocenters. The van der Waals surface area contributed by atoms with Crippen molar-refractivity contribution in [3.8, 4) is 17.1 Å². The number of nitrogens with zero attached hydrogens (tertiary/aromatic N) is 4. The van der Waals surface area contributed by atoms with Gasteiger partial charge in [-0.3, -0.25) is 0 Å². The molecule has 3 aromatic rings. The number of anilines is 1. The van der Waals surface area contributed by atoms with Gasteiger partial charge in [0.25, 0.3) is 0 Å². The molecule has 1 aromatic heterocycles. The molecule has 3 rings (SSSR count). The van der Waals surface area contributed by atoms with Crippen LogP contribution in [0, 0.1) is 0 Å². The van der Waals surface area contributed by atoms with E-state index in [1.807, 2.05) is 42.5 Å². The smallest absolute Gasteiger partial charge is 0.187 e. The van der Waals surface area contributed by atoms with Gasteiger partial charge < -0.3 is 5.73 Å². The Kier molecular flexibility index (Phi) is 3.54. The first-order valence-electron chi connectivity index (χ1n) is 5.74. The standard InChI is InChI=1S/C13H9Br2N5/c14-9-1-3-12(4-2-9)20-13(17-18-19-20)8-5-10(15)7-11(16)6-8/h1-7H,16H2. The first-order valence-corrected chi connectivity index (χ1v) is 7.33. The van der Waals surface area contributed by atoms with Crippen LogP contribution in [0.4, 0.5) is 5.69 Å². The van der Waals surface area contributed by atoms with Crippen molar-refractivity contribution in [3.05, 3.63) is 51.4 Å². The minimum Gasteiger partial charge on any atom is -0.399 e. The van der Waals surface area contributed by atoms with Crippen molar-refractivity contribution < 1.29 is 0 Å². The van der Waals surface area contributed by atoms with Gasteiger partial charge >= 0.3 is 0 Å². The number of tetrazole rings is 1. The van der Waals surface area contributed by atoms with Gasteiger partial charge in [0.05, 0.1) is 5.69 Å². The molecule has 0 bridgehead atoms. The molecule has 0 saturated carbocycles. The highest BCUT2D eigenvalue weighted by atomic mass is 79.9. The zero-order chi connectivity index (χ0) is 14.1. The van der Waals surface area contributed by atoms with E-state index < -0.39 is 0 Å². The van der Waals surface area contributed by atoms with E-state index in [4.69, 9.17) is 5.73 Å². The van der Waals surface area contributed by atoms with Gasteiger partial charge in [-0.15, -0.1) is 5.10 Å². The van der Waals surface area contributed by atoms with Crippen LogP contribution in [0.3, 0.4) is 0 Å². The van der Waals surface area contributed by atoms with Crippen molar-refractivity contribution in [1.82, 2.24) is 20.2 Å². The molecule has 1 heterocycles. The van der Waals surface area contributed by atoms with Gasteiger partial charge in [0, 0.05) is 20.2 Å². The molecular weight excluding hydrogens is 386 g/mol. The lowest BCUT2D eigenvalue weighted by Gasteiger charge is -2.06. The first-order chi connectivity index (χ1) is 9.63. The highest BCUT2D eigenvalue weighted by molar-refractivity contribution is 9.10. The predicted molar refractivity (Wildman–Crippen MR) is 84.4 cm³/mol. The van der Waals surface area contributed by atoms with Gasteiger partial charge in [0.1, 0.15) is 0 Å². The van der Waals surface area contributed by atoms with Crippen molar-refractivity contribution in [2.75, 3.05) is 5.73 Å². The van der Waals surface area contributed by atoms with Crippen molar-refractivity contribution >= 4 is 37.5 Å². The summed E-state index contributed by atoms with van der Waals surface area (Å²) < 4.78 is 3.56. The molecule has 7 heteroatoms. The number of aromatic nitrogens is 4. The zero-order valence-corrected chi connectivity index (χ0v) is 13.3. The van der Waals surface area contributed by atoms with Gasteiger partial charge in [-0.1, -0.05) is 31.9 Å². The van der Waals surface area contributed by atoms with Crippen LogP contribution in [0.25, 0.3) is 17.1 Å². The van der Waals surface area contributed by atoms with Crippen molar-refractivity contribution in [3.63, 3.8) is 0 Å². The average Bonchev–Trinajstić information content (AvgIpc) is 2.87. The van der Waals surface area contributed by atoms with E-state index in [-0.39, 0.29) is 0 Å². The number of hydrogen-bond acceptors (Lipinski definition) is 4. The Hall–Kier alpha value is -1.73. The third kappa shape index (κ3) is 2.59. The van der Waals surface area contributed by atoms with Crippen LogP contribution < -0.4 is 5.73 Å². The van der Waals surface area contributed by atoms with E-state index in [1.54, 1.807) is 4.68 Å². The summed E-state index contributed by atoms with van der Waals surface area (Å²) in [6.07, 6.45) is 0. The fourth-order valence-corrected chi connectivity index (χ4v) is 2.64. The van der Waals surface area contributed by atoms with E-state index in [9.17, 15) is 0 Å². The normalized spacial score (nSPS) is 10.7. The highest BCUT2D eigenvalue weighted by Gasteiger charge is 2.11. The van der Waals surface area contributed by atoms with Crippen LogP contribution in [-0.2, 0) is 0 Å². The van der Waals surface area contributed by atoms with Crippen molar-refractivity contribution in [2.45, 2.75) is 0 Å². The van der Waals surface area contributed by atoms with Gasteiger partial charge in [-0.25, -0.2) is 0 Å². The second-order valence-electron chi connectivity index (χ2n) is 4.16. The molecule has 0 aliphatic heterocycles. The third-order valence-corrected chi connectivity index (χ3v) is 3.71. The average molecular weight is 395 g/mol. The second kappa shape index (κ2) is 5.34. The SMILES string of the molecule is Nc1cc(Br)cc(-c2nnnn2-c2ccc(Br)cc2)c1. The summed E-state index contributed by atoms with van der Waals surface area (Å²) in [5.74, 6) is 0.639. The molecule has 2 aromatic carbocycles. The summed E-state index contributed by atoms with van der Waals surface area (Å²) in [6.45, 7) is 0. The molecule has 0 saturated heterocycles. The molecule has 0 spiro atoms. The largest absolute Gasteiger partial charge is 0.399 e. The quantitative estimate of drug-likeness (QED) is 0.676. The van der Waals surface area contributed by atoms with Crippen LogP contribution in [0.1, 0.15) is 0 Å². The minimum atomic E-state index is 0.639. The maximum atomic E-state index is 5.86. The summed E-state index contributed by atoms with van der Waals surface area (Å²) in [5, 5.41) is 11.9. The maximum absolute atomic E-state index is 5.86. The van der Waals surface area contributed by atoms with Crippen molar-refractivity contribution in [2.24, 2.45) is 0 Å². The maximum Gasteiger partial charge on any atom is 0.187 e. The molecule has 100 valence electrons. The molecule has 0 radical (unpaired) electrons. The lowest BCUT2D eigenvalue weighted by atomic mass is 10.2. The molecular formula is C13H9Br2N5. The highest BCUT2D eigenvalue weighted by Crippen LogP contribution is 2.26. The Morgan fingerprint density at radius 2 is 1.70 bits per heavy atom. The Bertz CT molecular complexity index is 731. The molecule has 20 heavy (non-hydrogen) atoms. The summed E-state index contributed by atoms with van der Waals surface area (Å²) >= 11 is 6.83. The Morgan fingerprint density at radius 3 is 2.40 bits per heavy atom. The second-order valence-corrected chi connectivity index (χ2v) is 6.00. The van der Waals surface area contributed by atoms with Crippen LogP contribution in [0.15, 0.2) is 51.4 Å². The molecule has 0 atom stereocenters. The lowest BCUT2D eigenvalue weighted by Crippen LogP contribution is -2.00. The Morgan fingerprint density at radius 1 is 0.950 bits per heavy atom. The third-order valence-electron chi connectivity index (χ3n) is 2.72. The number of rotatable bonds is 2. The number of benzene rings is 2. The Labute approximate surface area is 132 Å². The molecule has 5 nitrogen and oxygen atoms in total. The lowest BCUT2D eigenvalue weighted by molar-refractivity contribution is 0.791. The molecule has 0 fully saturated rings. The summed E-state index contributed by atoms with van der Waals surface area (Å²) in [4.78, 5) is 0. The van der Waals surface area contributed by atoms with E-state index in [2.05, 4.69) is 47.4 Å². The number of nitrogen functional groups attached to an aromatic ring is 1. The van der Waals surface area contributed by atoms with E-state index in [0.29, 0.717) is 11.5 Å². The van der Waals surface area contributed by atoms with Crippen LogP contribution in [0.5, 0.6) is 0 Å². The number of nitrogens with two attached hydrogens (primary N) is 1. The van der Waals surface area contributed by atoms with E-state index in [1.165, 1.54) is 0 Å². The number of halogens is 2. The summed E-state index contributed by atoms with van der Waals surface area (Å²) in [5.41, 5.74) is 8.25. The number of hydrogen-bond donors (Lipinski definition) is 1. The Balaban J connectivity index is 2.12. The topological polar surface area (TPSA) is 69.6 Å². The van der Waals surface area contributed by atoms with Crippen LogP contribution in [0.2, 0.25) is 0 Å². The van der Waals surface area contributed by atoms with Crippen molar-refractivity contribution in [1.29, 1.82) is 0 Å². The summed E-state index contributed by atoms with van der Waals surface area (Å²) in [6, 6.07) is 13.4. The van der Waals surface area contributed by atoms with Gasteiger partial charge in [-0.2, -0.15) is 4.68 Å². The van der Waals surface area contributed by atoms with Gasteiger partial charge in [-0.05, 0) is 52.9 Å². The molecule has 0 amide bonds. The van der Waals surface area contributed by atoms with E-state index >= 15 is 0 Å². The van der Waals surface area contributed by atoms with Crippen LogP contribution in [-0.4, -0.2) is 20.2 Å². The van der Waals surface area contributed by atoms with Gasteiger partial charge in [0.2, 0.25) is 0 Å². The first kappa shape index (κ1) is 13.3. The molecule has 2 N–H and O–H groups in total. The monoisotopic (exact) mass is 393 g/mol. The minimum absolute atomic E-state index is 0.639. The predicted octanol–water partition coefficient (Wildman–Crippen LogP) is 3.44. The van der Waals surface area contributed by atoms with E-state index in [0.717, 1.165) is 20.2 Å². The molecule has 0 aliphatic carbocycles. The molecule has 0 aliphatic rings. The summed E-state index contributed by atoms with van der Waals surface area (Å²) in [7, 11) is 0. The van der Waals surface area contributed by atoms with Gasteiger partial charge in [0.15, 0.2) is 5.82 Å². The fraction of sp³-hybridized carbons (Fsp3) is 0. The zero-order valence-electron chi connectivity index (χ0n) is 10.2.